The zero-order chi connectivity index (χ0) is 61.9. The minimum Gasteiger partial charge on any atom is -0.477 e. The second-order valence-electron chi connectivity index (χ2n) is 27.0. The molecule has 0 aliphatic carbocycles. The van der Waals surface area contributed by atoms with Gasteiger partial charge in [0, 0.05) is 12.8 Å². The van der Waals surface area contributed by atoms with Gasteiger partial charge < -0.3 is 28.5 Å². The summed E-state index contributed by atoms with van der Waals surface area (Å²) in [7, 11) is 5.99. The zero-order valence-corrected chi connectivity index (χ0v) is 57.6. The highest BCUT2D eigenvalue weighted by Crippen LogP contribution is 2.19. The van der Waals surface area contributed by atoms with E-state index in [1.807, 2.05) is 21.1 Å². The number of esters is 2. The van der Waals surface area contributed by atoms with Gasteiger partial charge >= 0.3 is 17.9 Å². The summed E-state index contributed by atoms with van der Waals surface area (Å²) >= 11 is 0. The quantitative estimate of drug-likeness (QED) is 0.0211. The summed E-state index contributed by atoms with van der Waals surface area (Å²) in [4.78, 5) is 37.6. The predicted octanol–water partition coefficient (Wildman–Crippen LogP) is 23.4. The van der Waals surface area contributed by atoms with Crippen LogP contribution in [0.3, 0.4) is 0 Å². The highest BCUT2D eigenvalue weighted by Gasteiger charge is 2.25. The van der Waals surface area contributed by atoms with Crippen LogP contribution in [0.1, 0.15) is 386 Å². The van der Waals surface area contributed by atoms with Crippen molar-refractivity contribution in [3.8, 4) is 0 Å². The van der Waals surface area contributed by atoms with Crippen LogP contribution < -0.4 is 0 Å². The number of unbranched alkanes of at least 4 members (excludes halogenated alkanes) is 52. The van der Waals surface area contributed by atoms with Crippen molar-refractivity contribution < 1.29 is 42.9 Å². The Labute approximate surface area is 528 Å². The van der Waals surface area contributed by atoms with Gasteiger partial charge in [0.25, 0.3) is 6.29 Å². The van der Waals surface area contributed by atoms with Crippen molar-refractivity contribution in [1.82, 2.24) is 0 Å². The van der Waals surface area contributed by atoms with Gasteiger partial charge in [-0.05, 0) is 64.2 Å². The van der Waals surface area contributed by atoms with E-state index in [-0.39, 0.29) is 38.2 Å². The lowest BCUT2D eigenvalue weighted by molar-refractivity contribution is -0.870. The largest absolute Gasteiger partial charge is 0.477 e. The van der Waals surface area contributed by atoms with E-state index < -0.39 is 18.4 Å². The monoisotopic (exact) mass is 1200 g/mol. The third-order valence-electron chi connectivity index (χ3n) is 17.2. The van der Waals surface area contributed by atoms with Crippen molar-refractivity contribution >= 4 is 17.9 Å². The molecule has 9 heteroatoms. The number of quaternary nitrogens is 1. The summed E-state index contributed by atoms with van der Waals surface area (Å²) in [6.45, 7) is 4.95. The van der Waals surface area contributed by atoms with Crippen molar-refractivity contribution in [3.63, 3.8) is 0 Å². The number of rotatable bonds is 71. The summed E-state index contributed by atoms with van der Waals surface area (Å²) in [5, 5.41) is 9.75. The second kappa shape index (κ2) is 67.7. The number of aliphatic carboxylic acids is 1. The van der Waals surface area contributed by atoms with Crippen molar-refractivity contribution in [2.45, 2.75) is 399 Å². The molecule has 2 unspecified atom stereocenters. The second-order valence-corrected chi connectivity index (χ2v) is 27.0. The van der Waals surface area contributed by atoms with E-state index >= 15 is 0 Å². The molecular formula is C76H146NO8+. The molecule has 0 heterocycles. The SMILES string of the molecule is CCCCCCCCCC/C=C\CCCCCCCCCCCCCCCCCCCCCCCCCCCCCC(=O)OC(COC(=O)CCCCCCCCCCC/C=C\CCCCCCCCCC)COC(OCC[N+](C)(C)C)C(=O)O. The lowest BCUT2D eigenvalue weighted by atomic mass is 10.0. The van der Waals surface area contributed by atoms with Gasteiger partial charge in [0.1, 0.15) is 13.2 Å². The van der Waals surface area contributed by atoms with Crippen LogP contribution in [-0.2, 0) is 33.3 Å². The molecule has 2 atom stereocenters. The molecule has 0 spiro atoms. The van der Waals surface area contributed by atoms with Gasteiger partial charge in [-0.15, -0.1) is 0 Å². The van der Waals surface area contributed by atoms with E-state index in [2.05, 4.69) is 38.2 Å². The standard InChI is InChI=1S/C76H145NO8/c1-6-8-10-12-14-16-18-20-22-24-26-28-29-30-31-32-33-34-35-36-37-38-39-40-41-42-43-44-45-47-49-51-53-55-57-59-61-63-65-67-74(79)85-72(71-84-76(75(80)81)82-69-68-77(3,4)5)70-83-73(78)66-64-62-60-58-56-54-52-50-48-46-27-25-23-21-19-17-15-13-11-9-7-2/h24-27,72,76H,6-23,28-71H2,1-5H3/p+1/b26-24-,27-25-. The lowest BCUT2D eigenvalue weighted by Crippen LogP contribution is -2.40. The first kappa shape index (κ1) is 82.8. The Morgan fingerprint density at radius 3 is 0.871 bits per heavy atom. The topological polar surface area (TPSA) is 108 Å². The molecule has 0 saturated heterocycles. The third kappa shape index (κ3) is 69.1. The Morgan fingerprint density at radius 1 is 0.341 bits per heavy atom. The minimum absolute atomic E-state index is 0.177. The molecule has 502 valence electrons. The Bertz CT molecular complexity index is 1440. The first-order valence-electron chi connectivity index (χ1n) is 37.5. The lowest BCUT2D eigenvalue weighted by Gasteiger charge is -2.25. The van der Waals surface area contributed by atoms with Gasteiger partial charge in [-0.1, -0.05) is 334 Å². The maximum absolute atomic E-state index is 13.0. The Hall–Kier alpha value is -2.23. The van der Waals surface area contributed by atoms with Crippen LogP contribution in [0.4, 0.5) is 0 Å². The molecule has 1 N–H and O–H groups in total. The van der Waals surface area contributed by atoms with Crippen LogP contribution in [0, 0.1) is 0 Å². The summed E-state index contributed by atoms with van der Waals surface area (Å²) in [6, 6.07) is 0. The van der Waals surface area contributed by atoms with E-state index in [1.54, 1.807) is 0 Å². The van der Waals surface area contributed by atoms with Crippen molar-refractivity contribution in [2.75, 3.05) is 47.5 Å². The summed E-state index contributed by atoms with van der Waals surface area (Å²) < 4.78 is 23.0. The van der Waals surface area contributed by atoms with Crippen LogP contribution in [-0.4, -0.2) is 87.4 Å². The fourth-order valence-electron chi connectivity index (χ4n) is 11.4. The number of carboxylic acid groups (broad SMARTS) is 1. The normalized spacial score (nSPS) is 12.7. The number of likely N-dealkylation sites (N-methyl/N-ethyl adjacent to an activating group) is 1. The summed E-state index contributed by atoms with van der Waals surface area (Å²) in [6.07, 6.45) is 81.8. The fourth-order valence-corrected chi connectivity index (χ4v) is 11.4. The first-order valence-corrected chi connectivity index (χ1v) is 37.5. The fraction of sp³-hybridized carbons (Fsp3) is 0.908. The zero-order valence-electron chi connectivity index (χ0n) is 57.6. The Balaban J connectivity index is 3.95. The Morgan fingerprint density at radius 2 is 0.600 bits per heavy atom. The number of carbonyl (C=O) groups is 3. The summed E-state index contributed by atoms with van der Waals surface area (Å²) in [5.41, 5.74) is 0. The molecule has 0 amide bonds. The highest BCUT2D eigenvalue weighted by molar-refractivity contribution is 5.71. The molecule has 0 aromatic rings. The molecule has 0 fully saturated rings. The number of carboxylic acids is 1. The minimum atomic E-state index is -1.51. The van der Waals surface area contributed by atoms with Crippen LogP contribution in [0.2, 0.25) is 0 Å². The molecule has 0 aliphatic rings. The molecule has 0 rings (SSSR count). The molecule has 0 bridgehead atoms. The average molecular weight is 1200 g/mol. The molecule has 9 nitrogen and oxygen atoms in total. The van der Waals surface area contributed by atoms with Crippen LogP contribution in [0.5, 0.6) is 0 Å². The Kier molecular flexibility index (Phi) is 65.9. The number of hydrogen-bond acceptors (Lipinski definition) is 7. The highest BCUT2D eigenvalue weighted by atomic mass is 16.7. The van der Waals surface area contributed by atoms with Crippen molar-refractivity contribution in [2.24, 2.45) is 0 Å². The van der Waals surface area contributed by atoms with E-state index in [0.29, 0.717) is 17.4 Å². The smallest absolute Gasteiger partial charge is 0.361 e. The van der Waals surface area contributed by atoms with Crippen LogP contribution in [0.25, 0.3) is 0 Å². The van der Waals surface area contributed by atoms with E-state index in [1.165, 1.54) is 321 Å². The molecule has 0 radical (unpaired) electrons. The number of ether oxygens (including phenoxy) is 4. The number of nitrogens with zero attached hydrogens (tertiary/aromatic N) is 1. The molecule has 0 aromatic carbocycles. The maximum Gasteiger partial charge on any atom is 0.361 e. The average Bonchev–Trinajstić information content (AvgIpc) is 3.49. The van der Waals surface area contributed by atoms with Gasteiger partial charge in [-0.3, -0.25) is 9.59 Å². The van der Waals surface area contributed by atoms with Crippen molar-refractivity contribution in [3.05, 3.63) is 24.3 Å². The van der Waals surface area contributed by atoms with Gasteiger partial charge in [0.15, 0.2) is 6.10 Å². The van der Waals surface area contributed by atoms with E-state index in [9.17, 15) is 19.5 Å². The summed E-state index contributed by atoms with van der Waals surface area (Å²) in [5.74, 6) is -1.98. The van der Waals surface area contributed by atoms with Gasteiger partial charge in [-0.25, -0.2) is 4.79 Å². The predicted molar refractivity (Wildman–Crippen MR) is 364 cm³/mol. The van der Waals surface area contributed by atoms with Gasteiger partial charge in [0.05, 0.1) is 34.4 Å². The number of carbonyl (C=O) groups excluding carboxylic acids is 2. The van der Waals surface area contributed by atoms with Gasteiger partial charge in [0.2, 0.25) is 0 Å². The van der Waals surface area contributed by atoms with E-state index in [0.717, 1.165) is 38.5 Å². The van der Waals surface area contributed by atoms with Crippen LogP contribution in [0.15, 0.2) is 24.3 Å². The molecule has 0 saturated carbocycles. The number of hydrogen-bond donors (Lipinski definition) is 1. The first-order chi connectivity index (χ1) is 41.6. The molecular weight excluding hydrogens is 1050 g/mol. The third-order valence-corrected chi connectivity index (χ3v) is 17.2. The molecule has 0 aromatic heterocycles. The number of allylic oxidation sites excluding steroid dienone is 4. The van der Waals surface area contributed by atoms with Crippen molar-refractivity contribution in [1.29, 1.82) is 0 Å². The van der Waals surface area contributed by atoms with E-state index in [4.69, 9.17) is 18.9 Å². The maximum atomic E-state index is 13.0. The molecule has 85 heavy (non-hydrogen) atoms. The molecule has 0 aliphatic heterocycles. The van der Waals surface area contributed by atoms with Crippen LogP contribution >= 0.6 is 0 Å². The van der Waals surface area contributed by atoms with Gasteiger partial charge in [-0.2, -0.15) is 0 Å².